The number of anilines is 1. The largest absolute Gasteiger partial charge is 0.399 e. The van der Waals surface area contributed by atoms with E-state index in [9.17, 15) is 4.79 Å². The van der Waals surface area contributed by atoms with Crippen LogP contribution in [-0.4, -0.2) is 24.5 Å². The average Bonchev–Trinajstić information content (AvgIpc) is 2.40. The smallest absolute Gasteiger partial charge is 0.224 e. The number of carbonyl (C=O) groups is 1. The van der Waals surface area contributed by atoms with Crippen molar-refractivity contribution >= 4 is 23.4 Å². The fourth-order valence-corrected chi connectivity index (χ4v) is 2.33. The van der Waals surface area contributed by atoms with Crippen molar-refractivity contribution in [1.29, 1.82) is 0 Å². The number of unbranched alkanes of at least 4 members (excludes halogenated alkanes) is 3. The van der Waals surface area contributed by atoms with Crippen LogP contribution >= 0.6 is 11.8 Å². The number of hydrogen-bond donors (Lipinski definition) is 2. The summed E-state index contributed by atoms with van der Waals surface area (Å²) in [5.74, 6) is 1.33. The highest BCUT2D eigenvalue weighted by Gasteiger charge is 2.02. The lowest BCUT2D eigenvalue weighted by Crippen LogP contribution is -2.26. The molecule has 0 aliphatic heterocycles. The number of benzene rings is 1. The van der Waals surface area contributed by atoms with Crippen molar-refractivity contribution in [2.75, 3.05) is 24.3 Å². The molecule has 3 N–H and O–H groups in total. The fourth-order valence-electron chi connectivity index (χ4n) is 1.84. The number of thioether (sulfide) groups is 1. The Balaban J connectivity index is 2.06. The van der Waals surface area contributed by atoms with Gasteiger partial charge in [-0.3, -0.25) is 4.79 Å². The van der Waals surface area contributed by atoms with Gasteiger partial charge in [-0.05, 0) is 42.5 Å². The van der Waals surface area contributed by atoms with Crippen LogP contribution < -0.4 is 11.1 Å². The van der Waals surface area contributed by atoms with E-state index < -0.39 is 0 Å². The van der Waals surface area contributed by atoms with Gasteiger partial charge in [-0.2, -0.15) is 11.8 Å². The van der Waals surface area contributed by atoms with Gasteiger partial charge >= 0.3 is 0 Å². The molecule has 1 amide bonds. The number of rotatable bonds is 9. The Morgan fingerprint density at radius 3 is 2.53 bits per heavy atom. The normalized spacial score (nSPS) is 10.4. The van der Waals surface area contributed by atoms with E-state index in [1.165, 1.54) is 25.0 Å². The molecule has 0 radical (unpaired) electrons. The van der Waals surface area contributed by atoms with E-state index in [4.69, 9.17) is 5.73 Å². The number of nitrogen functional groups attached to an aromatic ring is 1. The predicted molar refractivity (Wildman–Crippen MR) is 84.4 cm³/mol. The third kappa shape index (κ3) is 7.78. The van der Waals surface area contributed by atoms with Crippen LogP contribution in [0.5, 0.6) is 0 Å². The van der Waals surface area contributed by atoms with Crippen LogP contribution in [0, 0.1) is 0 Å². The molecule has 0 aromatic heterocycles. The van der Waals surface area contributed by atoms with Crippen LogP contribution in [0.2, 0.25) is 0 Å². The van der Waals surface area contributed by atoms with Crippen LogP contribution in [0.15, 0.2) is 24.3 Å². The van der Waals surface area contributed by atoms with Crippen LogP contribution in [0.3, 0.4) is 0 Å². The molecule has 1 aromatic carbocycles. The van der Waals surface area contributed by atoms with Crippen LogP contribution in [-0.2, 0) is 11.2 Å². The Bertz CT molecular complexity index is 365. The molecule has 1 rings (SSSR count). The maximum absolute atomic E-state index is 11.7. The zero-order valence-electron chi connectivity index (χ0n) is 11.7. The summed E-state index contributed by atoms with van der Waals surface area (Å²) in [6, 6.07) is 7.46. The summed E-state index contributed by atoms with van der Waals surface area (Å²) in [6.45, 7) is 0.785. The van der Waals surface area contributed by atoms with Crippen molar-refractivity contribution in [2.24, 2.45) is 0 Å². The third-order valence-corrected chi connectivity index (χ3v) is 3.64. The van der Waals surface area contributed by atoms with Gasteiger partial charge in [-0.25, -0.2) is 0 Å². The maximum Gasteiger partial charge on any atom is 0.224 e. The number of hydrogen-bond acceptors (Lipinski definition) is 3. The Kier molecular flexibility index (Phi) is 8.14. The zero-order valence-corrected chi connectivity index (χ0v) is 12.5. The molecule has 0 saturated carbocycles. The van der Waals surface area contributed by atoms with Gasteiger partial charge in [0.1, 0.15) is 0 Å². The summed E-state index contributed by atoms with van der Waals surface area (Å²) >= 11 is 1.89. The lowest BCUT2D eigenvalue weighted by molar-refractivity contribution is -0.120. The quantitative estimate of drug-likeness (QED) is 0.540. The first-order chi connectivity index (χ1) is 9.22. The summed E-state index contributed by atoms with van der Waals surface area (Å²) in [5.41, 5.74) is 7.34. The summed E-state index contributed by atoms with van der Waals surface area (Å²) in [4.78, 5) is 11.7. The molecule has 0 atom stereocenters. The zero-order chi connectivity index (χ0) is 13.9. The molecule has 3 nitrogen and oxygen atoms in total. The molecule has 0 aliphatic rings. The molecular weight excluding hydrogens is 256 g/mol. The topological polar surface area (TPSA) is 55.1 Å². The Labute approximate surface area is 120 Å². The minimum absolute atomic E-state index is 0.0916. The molecule has 19 heavy (non-hydrogen) atoms. The number of carbonyl (C=O) groups excluding carboxylic acids is 1. The first-order valence-corrected chi connectivity index (χ1v) is 8.22. The fraction of sp³-hybridized carbons (Fsp3) is 0.533. The molecule has 0 aliphatic carbocycles. The van der Waals surface area contributed by atoms with Crippen molar-refractivity contribution in [3.05, 3.63) is 29.8 Å². The van der Waals surface area contributed by atoms with Gasteiger partial charge in [0.05, 0.1) is 6.42 Å². The second-order valence-corrected chi connectivity index (χ2v) is 5.66. The van der Waals surface area contributed by atoms with Gasteiger partial charge in [-0.1, -0.05) is 25.0 Å². The van der Waals surface area contributed by atoms with E-state index in [1.54, 1.807) is 0 Å². The van der Waals surface area contributed by atoms with Crippen LogP contribution in [0.25, 0.3) is 0 Å². The van der Waals surface area contributed by atoms with Gasteiger partial charge < -0.3 is 11.1 Å². The van der Waals surface area contributed by atoms with Crippen molar-refractivity contribution < 1.29 is 4.79 Å². The average molecular weight is 280 g/mol. The SMILES string of the molecule is CSCCCCCCNC(=O)Cc1ccc(N)cc1. The molecule has 0 unspecified atom stereocenters. The summed E-state index contributed by atoms with van der Waals surface area (Å²) in [6.07, 6.45) is 7.38. The number of amides is 1. The molecular formula is C15H24N2OS. The predicted octanol–water partition coefficient (Wildman–Crippen LogP) is 2.85. The van der Waals surface area contributed by atoms with Gasteiger partial charge in [0.2, 0.25) is 5.91 Å². The summed E-state index contributed by atoms with van der Waals surface area (Å²) in [5, 5.41) is 2.96. The second-order valence-electron chi connectivity index (χ2n) is 4.68. The number of nitrogens with one attached hydrogen (secondary N) is 1. The van der Waals surface area contributed by atoms with Gasteiger partial charge in [-0.15, -0.1) is 0 Å². The molecule has 0 fully saturated rings. The highest BCUT2D eigenvalue weighted by Crippen LogP contribution is 2.06. The van der Waals surface area contributed by atoms with E-state index >= 15 is 0 Å². The molecule has 1 aromatic rings. The molecule has 106 valence electrons. The first-order valence-electron chi connectivity index (χ1n) is 6.82. The van der Waals surface area contributed by atoms with Gasteiger partial charge in [0, 0.05) is 12.2 Å². The minimum Gasteiger partial charge on any atom is -0.399 e. The Morgan fingerprint density at radius 1 is 1.16 bits per heavy atom. The lowest BCUT2D eigenvalue weighted by Gasteiger charge is -2.05. The van der Waals surface area contributed by atoms with E-state index in [-0.39, 0.29) is 5.91 Å². The van der Waals surface area contributed by atoms with E-state index in [1.807, 2.05) is 36.0 Å². The van der Waals surface area contributed by atoms with Crippen molar-refractivity contribution in [3.63, 3.8) is 0 Å². The Hall–Kier alpha value is -1.16. The van der Waals surface area contributed by atoms with Crippen molar-refractivity contribution in [1.82, 2.24) is 5.32 Å². The molecule has 4 heteroatoms. The van der Waals surface area contributed by atoms with E-state index in [2.05, 4.69) is 11.6 Å². The first kappa shape index (κ1) is 15.9. The summed E-state index contributed by atoms with van der Waals surface area (Å²) in [7, 11) is 0. The number of nitrogens with two attached hydrogens (primary N) is 1. The Morgan fingerprint density at radius 2 is 1.84 bits per heavy atom. The lowest BCUT2D eigenvalue weighted by atomic mass is 10.1. The second kappa shape index (κ2) is 9.73. The minimum atomic E-state index is 0.0916. The van der Waals surface area contributed by atoms with Crippen molar-refractivity contribution in [3.8, 4) is 0 Å². The summed E-state index contributed by atoms with van der Waals surface area (Å²) < 4.78 is 0. The third-order valence-electron chi connectivity index (χ3n) is 2.94. The van der Waals surface area contributed by atoms with E-state index in [0.29, 0.717) is 6.42 Å². The van der Waals surface area contributed by atoms with E-state index in [0.717, 1.165) is 24.2 Å². The van der Waals surface area contributed by atoms with Gasteiger partial charge in [0.15, 0.2) is 0 Å². The van der Waals surface area contributed by atoms with Crippen LogP contribution in [0.4, 0.5) is 5.69 Å². The molecule has 0 saturated heterocycles. The van der Waals surface area contributed by atoms with Gasteiger partial charge in [0.25, 0.3) is 0 Å². The molecule has 0 spiro atoms. The highest BCUT2D eigenvalue weighted by atomic mass is 32.2. The monoisotopic (exact) mass is 280 g/mol. The molecule has 0 heterocycles. The standard InChI is InChI=1S/C15H24N2OS/c1-19-11-5-3-2-4-10-17-15(18)12-13-6-8-14(16)9-7-13/h6-9H,2-5,10-12,16H2,1H3,(H,17,18). The van der Waals surface area contributed by atoms with Crippen molar-refractivity contribution in [2.45, 2.75) is 32.1 Å². The maximum atomic E-state index is 11.7. The highest BCUT2D eigenvalue weighted by molar-refractivity contribution is 7.98. The van der Waals surface area contributed by atoms with Crippen LogP contribution in [0.1, 0.15) is 31.2 Å². The molecule has 0 bridgehead atoms.